The van der Waals surface area contributed by atoms with Gasteiger partial charge in [-0.15, -0.1) is 0 Å². The molecule has 80 valence electrons. The lowest BCUT2D eigenvalue weighted by Gasteiger charge is -2.04. The van der Waals surface area contributed by atoms with Crippen LogP contribution >= 0.6 is 0 Å². The molecule has 1 amide bonds. The Morgan fingerprint density at radius 2 is 2.21 bits per heavy atom. The van der Waals surface area contributed by atoms with E-state index in [1.54, 1.807) is 0 Å². The lowest BCUT2D eigenvalue weighted by Crippen LogP contribution is -2.30. The Balaban J connectivity index is 3.43. The first-order chi connectivity index (χ1) is 6.70. The van der Waals surface area contributed by atoms with E-state index in [1.165, 1.54) is 0 Å². The molecule has 5 heteroatoms. The summed E-state index contributed by atoms with van der Waals surface area (Å²) in [6.07, 6.45) is 2.15. The molecule has 0 radical (unpaired) electrons. The van der Waals surface area contributed by atoms with E-state index in [1.807, 2.05) is 6.92 Å². The van der Waals surface area contributed by atoms with E-state index < -0.39 is 12.1 Å². The number of amides is 1. The van der Waals surface area contributed by atoms with E-state index >= 15 is 0 Å². The molecule has 0 aliphatic heterocycles. The summed E-state index contributed by atoms with van der Waals surface area (Å²) in [6, 6.07) is 0. The van der Waals surface area contributed by atoms with Gasteiger partial charge < -0.3 is 14.8 Å². The topological polar surface area (TPSA) is 64.6 Å². The molecule has 0 aliphatic carbocycles. The van der Waals surface area contributed by atoms with Crippen LogP contribution < -0.4 is 5.32 Å². The molecule has 1 N–H and O–H groups in total. The summed E-state index contributed by atoms with van der Waals surface area (Å²) in [7, 11) is 0. The summed E-state index contributed by atoms with van der Waals surface area (Å²) in [5.41, 5.74) is 0. The van der Waals surface area contributed by atoms with Crippen molar-refractivity contribution in [2.75, 3.05) is 13.2 Å². The molecule has 0 saturated carbocycles. The molecular formula is C9H15NO4. The highest BCUT2D eigenvalue weighted by atomic mass is 16.6. The quantitative estimate of drug-likeness (QED) is 0.398. The molecule has 0 saturated heterocycles. The first-order valence-electron chi connectivity index (χ1n) is 4.41. The van der Waals surface area contributed by atoms with E-state index in [0.717, 1.165) is 19.1 Å². The number of hydrogen-bond donors (Lipinski definition) is 1. The van der Waals surface area contributed by atoms with Gasteiger partial charge in [0.05, 0.1) is 12.9 Å². The molecule has 0 heterocycles. The maximum Gasteiger partial charge on any atom is 0.407 e. The number of carbonyl (C=O) groups excluding carboxylic acids is 2. The monoisotopic (exact) mass is 201 g/mol. The zero-order valence-electron chi connectivity index (χ0n) is 8.25. The number of hydrogen-bond acceptors (Lipinski definition) is 4. The number of carbonyl (C=O) groups is 2. The Morgan fingerprint density at radius 3 is 2.79 bits per heavy atom. The third-order valence-electron chi connectivity index (χ3n) is 1.32. The second-order valence-electron chi connectivity index (χ2n) is 2.50. The van der Waals surface area contributed by atoms with Crippen molar-refractivity contribution in [2.45, 2.75) is 19.8 Å². The number of unbranched alkanes of at least 4 members (excludes halogenated alkanes) is 1. The van der Waals surface area contributed by atoms with E-state index in [4.69, 9.17) is 4.74 Å². The van der Waals surface area contributed by atoms with Crippen LogP contribution in [0, 0.1) is 0 Å². The number of alkyl carbamates (subject to hydrolysis) is 1. The van der Waals surface area contributed by atoms with Crippen LogP contribution in [-0.2, 0) is 14.3 Å². The predicted octanol–water partition coefficient (Wildman–Crippen LogP) is 1.20. The molecule has 0 aromatic rings. The largest absolute Gasteiger partial charge is 0.450 e. The molecule has 0 atom stereocenters. The fourth-order valence-corrected chi connectivity index (χ4v) is 0.639. The van der Waals surface area contributed by atoms with Crippen LogP contribution in [-0.4, -0.2) is 25.2 Å². The summed E-state index contributed by atoms with van der Waals surface area (Å²) < 4.78 is 9.10. The SMILES string of the molecule is C=COC(=O)CNC(=O)OCCCC. The first kappa shape index (κ1) is 12.5. The van der Waals surface area contributed by atoms with Crippen molar-refractivity contribution in [2.24, 2.45) is 0 Å². The van der Waals surface area contributed by atoms with Gasteiger partial charge in [-0.05, 0) is 6.42 Å². The van der Waals surface area contributed by atoms with E-state index in [2.05, 4.69) is 16.6 Å². The third-order valence-corrected chi connectivity index (χ3v) is 1.32. The van der Waals surface area contributed by atoms with Crippen molar-refractivity contribution in [3.63, 3.8) is 0 Å². The summed E-state index contributed by atoms with van der Waals surface area (Å²) in [6.45, 7) is 5.34. The lowest BCUT2D eigenvalue weighted by atomic mass is 10.4. The van der Waals surface area contributed by atoms with Gasteiger partial charge in [-0.2, -0.15) is 0 Å². The minimum absolute atomic E-state index is 0.211. The zero-order valence-corrected chi connectivity index (χ0v) is 8.25. The van der Waals surface area contributed by atoms with Crippen molar-refractivity contribution in [1.29, 1.82) is 0 Å². The smallest absolute Gasteiger partial charge is 0.407 e. The van der Waals surface area contributed by atoms with E-state index in [-0.39, 0.29) is 6.54 Å². The average molecular weight is 201 g/mol. The molecule has 0 bridgehead atoms. The molecule has 0 aliphatic rings. The fourth-order valence-electron chi connectivity index (χ4n) is 0.639. The number of ether oxygens (including phenoxy) is 2. The maximum absolute atomic E-state index is 10.9. The van der Waals surface area contributed by atoms with Crippen molar-refractivity contribution < 1.29 is 19.1 Å². The molecule has 0 aromatic carbocycles. The highest BCUT2D eigenvalue weighted by Crippen LogP contribution is 1.88. The lowest BCUT2D eigenvalue weighted by molar-refractivity contribution is -0.136. The highest BCUT2D eigenvalue weighted by Gasteiger charge is 2.05. The second kappa shape index (κ2) is 8.10. The van der Waals surface area contributed by atoms with Crippen LogP contribution in [0.15, 0.2) is 12.8 Å². The van der Waals surface area contributed by atoms with Crippen molar-refractivity contribution in [3.05, 3.63) is 12.8 Å². The average Bonchev–Trinajstić information content (AvgIpc) is 2.16. The normalized spacial score (nSPS) is 8.93. The minimum Gasteiger partial charge on any atom is -0.450 e. The predicted molar refractivity (Wildman–Crippen MR) is 50.5 cm³/mol. The summed E-state index contributed by atoms with van der Waals surface area (Å²) in [5, 5.41) is 2.24. The van der Waals surface area contributed by atoms with Crippen molar-refractivity contribution >= 4 is 12.1 Å². The molecule has 14 heavy (non-hydrogen) atoms. The standard InChI is InChI=1S/C9H15NO4/c1-3-5-6-14-9(12)10-7-8(11)13-4-2/h4H,2-3,5-7H2,1H3,(H,10,12). The Bertz CT molecular complexity index is 203. The molecule has 0 aromatic heterocycles. The van der Waals surface area contributed by atoms with Gasteiger partial charge in [0.1, 0.15) is 6.54 Å². The first-order valence-corrected chi connectivity index (χ1v) is 4.41. The summed E-state index contributed by atoms with van der Waals surface area (Å²) in [4.78, 5) is 21.6. The van der Waals surface area contributed by atoms with Crippen molar-refractivity contribution in [1.82, 2.24) is 5.32 Å². The molecule has 5 nitrogen and oxygen atoms in total. The molecule has 0 fully saturated rings. The highest BCUT2D eigenvalue weighted by molar-refractivity contribution is 5.78. The van der Waals surface area contributed by atoms with Gasteiger partial charge in [0.25, 0.3) is 0 Å². The van der Waals surface area contributed by atoms with Crippen LogP contribution in [0.5, 0.6) is 0 Å². The molecule has 0 spiro atoms. The Morgan fingerprint density at radius 1 is 1.50 bits per heavy atom. The van der Waals surface area contributed by atoms with Crippen LogP contribution in [0.1, 0.15) is 19.8 Å². The summed E-state index contributed by atoms with van der Waals surface area (Å²) in [5.74, 6) is -0.576. The van der Waals surface area contributed by atoms with Gasteiger partial charge in [0.15, 0.2) is 0 Å². The Hall–Kier alpha value is -1.52. The maximum atomic E-state index is 10.9. The molecule has 0 unspecified atom stereocenters. The molecular weight excluding hydrogens is 186 g/mol. The van der Waals surface area contributed by atoms with E-state index in [0.29, 0.717) is 6.61 Å². The third kappa shape index (κ3) is 7.15. The van der Waals surface area contributed by atoms with Gasteiger partial charge >= 0.3 is 12.1 Å². The second-order valence-corrected chi connectivity index (χ2v) is 2.50. The van der Waals surface area contributed by atoms with Gasteiger partial charge in [0.2, 0.25) is 0 Å². The van der Waals surface area contributed by atoms with Gasteiger partial charge in [0, 0.05) is 0 Å². The Labute approximate surface area is 83.1 Å². The van der Waals surface area contributed by atoms with Crippen LogP contribution in [0.25, 0.3) is 0 Å². The number of esters is 1. The van der Waals surface area contributed by atoms with Crippen LogP contribution in [0.4, 0.5) is 4.79 Å². The van der Waals surface area contributed by atoms with Gasteiger partial charge in [-0.25, -0.2) is 9.59 Å². The summed E-state index contributed by atoms with van der Waals surface area (Å²) >= 11 is 0. The zero-order chi connectivity index (χ0) is 10.8. The fraction of sp³-hybridized carbons (Fsp3) is 0.556. The van der Waals surface area contributed by atoms with E-state index in [9.17, 15) is 9.59 Å². The van der Waals surface area contributed by atoms with Crippen molar-refractivity contribution in [3.8, 4) is 0 Å². The van der Waals surface area contributed by atoms with Gasteiger partial charge in [-0.1, -0.05) is 19.9 Å². The van der Waals surface area contributed by atoms with Crippen LogP contribution in [0.3, 0.4) is 0 Å². The number of rotatable bonds is 6. The molecule has 0 rings (SSSR count). The minimum atomic E-state index is -0.612. The van der Waals surface area contributed by atoms with Gasteiger partial charge in [-0.3, -0.25) is 0 Å². The Kier molecular flexibility index (Phi) is 7.22. The number of nitrogens with one attached hydrogen (secondary N) is 1. The van der Waals surface area contributed by atoms with Crippen LogP contribution in [0.2, 0.25) is 0 Å².